The van der Waals surface area contributed by atoms with Gasteiger partial charge in [-0.15, -0.1) is 0 Å². The van der Waals surface area contributed by atoms with Crippen LogP contribution in [0, 0.1) is 5.82 Å². The Morgan fingerprint density at radius 3 is 2.41 bits per heavy atom. The van der Waals surface area contributed by atoms with Gasteiger partial charge in [-0.1, -0.05) is 76.6 Å². The smallest absolute Gasteiger partial charge is 0.343 e. The lowest BCUT2D eigenvalue weighted by Gasteiger charge is -2.08. The SMILES string of the molecule is O=C(Oc1ccc(Br)cc1C=NNC(=O)c1[nH]c2c(F)cccc2c1-c1ccccc1)c1ccccc1. The number of benzene rings is 4. The molecule has 5 aromatic rings. The number of nitrogens with one attached hydrogen (secondary N) is 2. The molecule has 8 heteroatoms. The number of rotatable bonds is 6. The van der Waals surface area contributed by atoms with Gasteiger partial charge in [0.05, 0.1) is 17.3 Å². The third-order valence-electron chi connectivity index (χ3n) is 5.63. The van der Waals surface area contributed by atoms with Crippen LogP contribution in [0.2, 0.25) is 0 Å². The number of aromatic amines is 1. The number of para-hydroxylation sites is 1. The zero-order chi connectivity index (χ0) is 25.8. The molecule has 0 atom stereocenters. The molecule has 1 aromatic heterocycles. The number of ether oxygens (including phenoxy) is 1. The summed E-state index contributed by atoms with van der Waals surface area (Å²) in [6.07, 6.45) is 1.38. The van der Waals surface area contributed by atoms with Crippen molar-refractivity contribution < 1.29 is 18.7 Å². The molecule has 0 saturated carbocycles. The van der Waals surface area contributed by atoms with Crippen molar-refractivity contribution in [1.82, 2.24) is 10.4 Å². The molecule has 0 aliphatic heterocycles. The molecule has 1 heterocycles. The molecule has 0 fully saturated rings. The van der Waals surface area contributed by atoms with Crippen LogP contribution < -0.4 is 10.2 Å². The monoisotopic (exact) mass is 555 g/mol. The fourth-order valence-electron chi connectivity index (χ4n) is 3.92. The summed E-state index contributed by atoms with van der Waals surface area (Å²) in [5, 5.41) is 4.66. The van der Waals surface area contributed by atoms with Gasteiger partial charge in [-0.25, -0.2) is 14.6 Å². The maximum absolute atomic E-state index is 14.5. The third-order valence-corrected chi connectivity index (χ3v) is 6.12. The highest BCUT2D eigenvalue weighted by molar-refractivity contribution is 9.10. The van der Waals surface area contributed by atoms with Gasteiger partial charge < -0.3 is 9.72 Å². The maximum Gasteiger partial charge on any atom is 0.343 e. The number of hydrazone groups is 1. The predicted octanol–water partition coefficient (Wildman–Crippen LogP) is 6.72. The van der Waals surface area contributed by atoms with Crippen molar-refractivity contribution in [3.05, 3.63) is 124 Å². The van der Waals surface area contributed by atoms with E-state index in [2.05, 4.69) is 31.4 Å². The molecule has 5 rings (SSSR count). The first-order valence-electron chi connectivity index (χ1n) is 11.3. The molecule has 0 aliphatic carbocycles. The number of esters is 1. The van der Waals surface area contributed by atoms with E-state index in [1.807, 2.05) is 36.4 Å². The van der Waals surface area contributed by atoms with Gasteiger partial charge in [-0.05, 0) is 42.0 Å². The summed E-state index contributed by atoms with van der Waals surface area (Å²) in [4.78, 5) is 28.6. The minimum Gasteiger partial charge on any atom is -0.422 e. The molecule has 2 N–H and O–H groups in total. The fraction of sp³-hybridized carbons (Fsp3) is 0. The van der Waals surface area contributed by atoms with Crippen LogP contribution in [-0.2, 0) is 0 Å². The average Bonchev–Trinajstić information content (AvgIpc) is 3.32. The largest absolute Gasteiger partial charge is 0.422 e. The van der Waals surface area contributed by atoms with E-state index in [0.29, 0.717) is 22.1 Å². The number of aromatic nitrogens is 1. The van der Waals surface area contributed by atoms with E-state index < -0.39 is 17.7 Å². The molecule has 6 nitrogen and oxygen atoms in total. The van der Waals surface area contributed by atoms with Gasteiger partial charge >= 0.3 is 5.97 Å². The quantitative estimate of drug-likeness (QED) is 0.105. The highest BCUT2D eigenvalue weighted by atomic mass is 79.9. The summed E-state index contributed by atoms with van der Waals surface area (Å²) >= 11 is 3.40. The number of halogens is 2. The first-order chi connectivity index (χ1) is 18.0. The number of H-pyrrole nitrogens is 1. The molecule has 0 unspecified atom stereocenters. The van der Waals surface area contributed by atoms with Gasteiger partial charge in [0, 0.05) is 21.0 Å². The van der Waals surface area contributed by atoms with E-state index in [1.54, 1.807) is 54.6 Å². The van der Waals surface area contributed by atoms with E-state index in [0.717, 1.165) is 10.0 Å². The fourth-order valence-corrected chi connectivity index (χ4v) is 4.30. The van der Waals surface area contributed by atoms with Gasteiger partial charge in [0.2, 0.25) is 0 Å². The van der Waals surface area contributed by atoms with Crippen LogP contribution in [0.4, 0.5) is 4.39 Å². The summed E-state index contributed by atoms with van der Waals surface area (Å²) in [7, 11) is 0. The van der Waals surface area contributed by atoms with Crippen LogP contribution in [0.3, 0.4) is 0 Å². The number of amides is 1. The van der Waals surface area contributed by atoms with Gasteiger partial charge in [0.25, 0.3) is 5.91 Å². The Hall–Kier alpha value is -4.56. The van der Waals surface area contributed by atoms with Crippen molar-refractivity contribution >= 4 is 44.9 Å². The Kier molecular flexibility index (Phi) is 6.91. The molecule has 0 aliphatic rings. The Labute approximate surface area is 219 Å². The third kappa shape index (κ3) is 5.19. The molecule has 0 radical (unpaired) electrons. The van der Waals surface area contributed by atoms with E-state index in [1.165, 1.54) is 12.3 Å². The minimum absolute atomic E-state index is 0.174. The summed E-state index contributed by atoms with van der Waals surface area (Å²) < 4.78 is 20.8. The highest BCUT2D eigenvalue weighted by Gasteiger charge is 2.20. The number of hydrogen-bond acceptors (Lipinski definition) is 4. The maximum atomic E-state index is 14.5. The van der Waals surface area contributed by atoms with Crippen LogP contribution in [0.25, 0.3) is 22.0 Å². The standard InChI is InChI=1S/C29H19BrFN3O3/c30-21-14-15-24(37-29(36)19-10-5-2-6-11-19)20(16-21)17-32-34-28(35)27-25(18-8-3-1-4-9-18)22-12-7-13-23(31)26(22)33-27/h1-17,33H,(H,34,35). The second kappa shape index (κ2) is 10.6. The van der Waals surface area contributed by atoms with Crippen molar-refractivity contribution in [2.75, 3.05) is 0 Å². The Balaban J connectivity index is 1.42. The number of hydrogen-bond donors (Lipinski definition) is 2. The van der Waals surface area contributed by atoms with Crippen molar-refractivity contribution in [2.45, 2.75) is 0 Å². The molecule has 0 bridgehead atoms. The average molecular weight is 556 g/mol. The summed E-state index contributed by atoms with van der Waals surface area (Å²) in [5.41, 5.74) is 5.10. The van der Waals surface area contributed by atoms with Crippen LogP contribution >= 0.6 is 15.9 Å². The first-order valence-corrected chi connectivity index (χ1v) is 12.1. The van der Waals surface area contributed by atoms with E-state index in [-0.39, 0.29) is 17.0 Å². The first kappa shape index (κ1) is 24.1. The second-order valence-electron chi connectivity index (χ2n) is 8.04. The summed E-state index contributed by atoms with van der Waals surface area (Å²) in [6, 6.07) is 27.6. The molecular weight excluding hydrogens is 537 g/mol. The number of carbonyl (C=O) groups excluding carboxylic acids is 2. The molecule has 1 amide bonds. The number of carbonyl (C=O) groups is 2. The lowest BCUT2D eigenvalue weighted by molar-refractivity contribution is 0.0734. The minimum atomic E-state index is -0.552. The molecule has 4 aromatic carbocycles. The molecule has 182 valence electrons. The molecular formula is C29H19BrFN3O3. The van der Waals surface area contributed by atoms with Crippen molar-refractivity contribution in [3.8, 4) is 16.9 Å². The lowest BCUT2D eigenvalue weighted by Crippen LogP contribution is -2.19. The topological polar surface area (TPSA) is 83.5 Å². The van der Waals surface area contributed by atoms with Gasteiger partial charge in [0.15, 0.2) is 0 Å². The van der Waals surface area contributed by atoms with Crippen molar-refractivity contribution in [3.63, 3.8) is 0 Å². The number of nitrogens with zero attached hydrogens (tertiary/aromatic N) is 1. The van der Waals surface area contributed by atoms with Crippen LogP contribution in [-0.4, -0.2) is 23.1 Å². The predicted molar refractivity (Wildman–Crippen MR) is 144 cm³/mol. The van der Waals surface area contributed by atoms with Crippen LogP contribution in [0.1, 0.15) is 26.4 Å². The van der Waals surface area contributed by atoms with Crippen LogP contribution in [0.15, 0.2) is 107 Å². The van der Waals surface area contributed by atoms with E-state index >= 15 is 0 Å². The van der Waals surface area contributed by atoms with Crippen molar-refractivity contribution in [2.24, 2.45) is 5.10 Å². The van der Waals surface area contributed by atoms with Gasteiger partial charge in [-0.2, -0.15) is 5.10 Å². The Morgan fingerprint density at radius 1 is 0.919 bits per heavy atom. The molecule has 0 saturated heterocycles. The zero-order valence-electron chi connectivity index (χ0n) is 19.2. The van der Waals surface area contributed by atoms with E-state index in [9.17, 15) is 14.0 Å². The van der Waals surface area contributed by atoms with Gasteiger partial charge in [-0.3, -0.25) is 4.79 Å². The van der Waals surface area contributed by atoms with E-state index in [4.69, 9.17) is 4.74 Å². The summed E-state index contributed by atoms with van der Waals surface area (Å²) in [6.45, 7) is 0. The highest BCUT2D eigenvalue weighted by Crippen LogP contribution is 2.33. The normalized spacial score (nSPS) is 11.1. The number of fused-ring (bicyclic) bond motifs is 1. The Bertz CT molecular complexity index is 1630. The van der Waals surface area contributed by atoms with Crippen LogP contribution in [0.5, 0.6) is 5.75 Å². The Morgan fingerprint density at radius 2 is 1.65 bits per heavy atom. The van der Waals surface area contributed by atoms with Crippen molar-refractivity contribution in [1.29, 1.82) is 0 Å². The lowest BCUT2D eigenvalue weighted by atomic mass is 10.0. The summed E-state index contributed by atoms with van der Waals surface area (Å²) in [5.74, 6) is -1.26. The molecule has 37 heavy (non-hydrogen) atoms. The molecule has 0 spiro atoms. The zero-order valence-corrected chi connectivity index (χ0v) is 20.8. The van der Waals surface area contributed by atoms with Gasteiger partial charge in [0.1, 0.15) is 17.3 Å². The second-order valence-corrected chi connectivity index (χ2v) is 8.96.